The fraction of sp³-hybridized carbons (Fsp3) is 0.588. The average Bonchev–Trinajstić information content (AvgIpc) is 2.76. The van der Waals surface area contributed by atoms with Crippen LogP contribution in [0.25, 0.3) is 0 Å². The Bertz CT molecular complexity index is 512. The van der Waals surface area contributed by atoms with Gasteiger partial charge in [-0.3, -0.25) is 9.69 Å². The van der Waals surface area contributed by atoms with Crippen LogP contribution in [0.1, 0.15) is 32.8 Å². The number of hydrogen-bond donors (Lipinski definition) is 2. The molecule has 1 aromatic carbocycles. The first-order valence-corrected chi connectivity index (χ1v) is 7.66. The molecule has 1 fully saturated rings. The Hall–Kier alpha value is -1.43. The molecule has 122 valence electrons. The van der Waals surface area contributed by atoms with Gasteiger partial charge < -0.3 is 15.6 Å². The Morgan fingerprint density at radius 1 is 1.41 bits per heavy atom. The molecule has 5 nitrogen and oxygen atoms in total. The van der Waals surface area contributed by atoms with Crippen LogP contribution in [0.4, 0.5) is 0 Å². The highest BCUT2D eigenvalue weighted by atomic mass is 16.6. The van der Waals surface area contributed by atoms with E-state index in [-0.39, 0.29) is 6.61 Å². The number of carbonyl (C=O) groups excluding carboxylic acids is 1. The Kier molecular flexibility index (Phi) is 4.90. The number of aliphatic hydroxyl groups excluding tert-OH is 1. The molecule has 22 heavy (non-hydrogen) atoms. The van der Waals surface area contributed by atoms with Crippen LogP contribution in [0.15, 0.2) is 30.3 Å². The molecule has 0 saturated carbocycles. The van der Waals surface area contributed by atoms with E-state index in [4.69, 9.17) is 10.5 Å². The Morgan fingerprint density at radius 2 is 2.05 bits per heavy atom. The van der Waals surface area contributed by atoms with E-state index >= 15 is 0 Å². The second-order valence-corrected chi connectivity index (χ2v) is 6.97. The van der Waals surface area contributed by atoms with Crippen LogP contribution in [0.5, 0.6) is 0 Å². The zero-order valence-electron chi connectivity index (χ0n) is 13.6. The smallest absolute Gasteiger partial charge is 0.317 e. The summed E-state index contributed by atoms with van der Waals surface area (Å²) in [5.41, 5.74) is 5.81. The summed E-state index contributed by atoms with van der Waals surface area (Å²) >= 11 is 0. The van der Waals surface area contributed by atoms with E-state index in [1.807, 2.05) is 56.0 Å². The van der Waals surface area contributed by atoms with Crippen molar-refractivity contribution >= 4 is 5.97 Å². The van der Waals surface area contributed by atoms with Gasteiger partial charge >= 0.3 is 5.97 Å². The first-order valence-electron chi connectivity index (χ1n) is 7.66. The van der Waals surface area contributed by atoms with Crippen molar-refractivity contribution in [2.45, 2.75) is 45.5 Å². The summed E-state index contributed by atoms with van der Waals surface area (Å²) in [5.74, 6) is -0.412. The quantitative estimate of drug-likeness (QED) is 0.825. The van der Waals surface area contributed by atoms with Crippen molar-refractivity contribution in [3.05, 3.63) is 35.9 Å². The molecule has 2 rings (SSSR count). The van der Waals surface area contributed by atoms with Gasteiger partial charge in [-0.2, -0.15) is 0 Å². The highest BCUT2D eigenvalue weighted by molar-refractivity contribution is 5.78. The van der Waals surface area contributed by atoms with Crippen molar-refractivity contribution in [1.29, 1.82) is 0 Å². The zero-order chi connectivity index (χ0) is 16.4. The monoisotopic (exact) mass is 306 g/mol. The molecule has 0 aliphatic carbocycles. The normalized spacial score (nSPS) is 26.1. The number of esters is 1. The average molecular weight is 306 g/mol. The number of likely N-dealkylation sites (tertiary alicyclic amines) is 1. The predicted molar refractivity (Wildman–Crippen MR) is 84.8 cm³/mol. The minimum Gasteiger partial charge on any atom is -0.459 e. The third kappa shape index (κ3) is 3.48. The maximum Gasteiger partial charge on any atom is 0.317 e. The number of aliphatic hydroxyl groups is 1. The minimum atomic E-state index is -1.04. The van der Waals surface area contributed by atoms with Gasteiger partial charge in [-0.05, 0) is 32.8 Å². The van der Waals surface area contributed by atoms with Crippen LogP contribution in [-0.4, -0.2) is 40.9 Å². The summed E-state index contributed by atoms with van der Waals surface area (Å²) in [6.07, 6.45) is -0.0422. The number of ether oxygens (including phenoxy) is 1. The molecule has 1 aromatic rings. The van der Waals surface area contributed by atoms with Gasteiger partial charge in [-0.1, -0.05) is 30.3 Å². The summed E-state index contributed by atoms with van der Waals surface area (Å²) in [4.78, 5) is 14.6. The van der Waals surface area contributed by atoms with Crippen LogP contribution in [0.3, 0.4) is 0 Å². The van der Waals surface area contributed by atoms with Crippen LogP contribution < -0.4 is 5.73 Å². The van der Waals surface area contributed by atoms with Crippen molar-refractivity contribution in [2.24, 2.45) is 11.1 Å². The van der Waals surface area contributed by atoms with Gasteiger partial charge in [0.1, 0.15) is 11.0 Å². The van der Waals surface area contributed by atoms with E-state index in [0.717, 1.165) is 5.56 Å². The molecule has 5 heteroatoms. The van der Waals surface area contributed by atoms with Crippen molar-refractivity contribution in [3.63, 3.8) is 0 Å². The second-order valence-electron chi connectivity index (χ2n) is 6.97. The molecular formula is C17H26N2O3. The highest BCUT2D eigenvalue weighted by Gasteiger charge is 2.52. The largest absolute Gasteiger partial charge is 0.459 e. The van der Waals surface area contributed by atoms with E-state index in [9.17, 15) is 9.90 Å². The summed E-state index contributed by atoms with van der Waals surface area (Å²) in [6.45, 7) is 6.48. The van der Waals surface area contributed by atoms with Crippen molar-refractivity contribution in [3.8, 4) is 0 Å². The molecule has 0 amide bonds. The maximum atomic E-state index is 12.5. The van der Waals surface area contributed by atoms with E-state index in [0.29, 0.717) is 19.5 Å². The maximum absolute atomic E-state index is 12.5. The first-order chi connectivity index (χ1) is 10.3. The van der Waals surface area contributed by atoms with Gasteiger partial charge in [0.25, 0.3) is 0 Å². The number of carbonyl (C=O) groups is 1. The molecule has 1 heterocycles. The molecule has 0 radical (unpaired) electrons. The lowest BCUT2D eigenvalue weighted by Crippen LogP contribution is -2.54. The molecule has 0 unspecified atom stereocenters. The second kappa shape index (κ2) is 6.36. The molecule has 3 N–H and O–H groups in total. The van der Waals surface area contributed by atoms with E-state index in [1.54, 1.807) is 0 Å². The third-order valence-electron chi connectivity index (χ3n) is 4.12. The topological polar surface area (TPSA) is 75.8 Å². The summed E-state index contributed by atoms with van der Waals surface area (Å²) < 4.78 is 5.48. The van der Waals surface area contributed by atoms with Crippen LogP contribution in [0, 0.1) is 5.41 Å². The molecule has 0 bridgehead atoms. The SMILES string of the molecule is CC(C)(C)OC(=O)[C@@]1(CO)CCN(Cc2ccccc2)[C@H]1N. The van der Waals surface area contributed by atoms with Gasteiger partial charge in [0.05, 0.1) is 12.8 Å². The van der Waals surface area contributed by atoms with Crippen molar-refractivity contribution in [1.82, 2.24) is 4.90 Å². The summed E-state index contributed by atoms with van der Waals surface area (Å²) in [5, 5.41) is 9.83. The zero-order valence-corrected chi connectivity index (χ0v) is 13.6. The number of hydrogen-bond acceptors (Lipinski definition) is 5. The third-order valence-corrected chi connectivity index (χ3v) is 4.12. The van der Waals surface area contributed by atoms with Gasteiger partial charge in [-0.15, -0.1) is 0 Å². The lowest BCUT2D eigenvalue weighted by molar-refractivity contribution is -0.172. The van der Waals surface area contributed by atoms with E-state index in [2.05, 4.69) is 0 Å². The molecule has 1 saturated heterocycles. The molecule has 1 aliphatic heterocycles. The Morgan fingerprint density at radius 3 is 2.59 bits per heavy atom. The van der Waals surface area contributed by atoms with Crippen molar-refractivity contribution < 1.29 is 14.6 Å². The number of nitrogens with two attached hydrogens (primary N) is 1. The number of benzene rings is 1. The highest BCUT2D eigenvalue weighted by Crippen LogP contribution is 2.37. The van der Waals surface area contributed by atoms with Crippen LogP contribution in [-0.2, 0) is 16.1 Å². The molecule has 2 atom stereocenters. The standard InChI is InChI=1S/C17H26N2O3/c1-16(2,3)22-15(21)17(12-20)9-10-19(14(17)18)11-13-7-5-4-6-8-13/h4-8,14,20H,9-12,18H2,1-3H3/t14-,17-/m1/s1. The lowest BCUT2D eigenvalue weighted by atomic mass is 9.85. The summed E-state index contributed by atoms with van der Waals surface area (Å²) in [6, 6.07) is 9.97. The fourth-order valence-electron chi connectivity index (χ4n) is 2.81. The van der Waals surface area contributed by atoms with Gasteiger partial charge in [-0.25, -0.2) is 0 Å². The van der Waals surface area contributed by atoms with E-state index in [1.165, 1.54) is 0 Å². The van der Waals surface area contributed by atoms with Gasteiger partial charge in [0, 0.05) is 13.1 Å². The molecule has 1 aliphatic rings. The van der Waals surface area contributed by atoms with Gasteiger partial charge in [0.15, 0.2) is 0 Å². The first kappa shape index (κ1) is 16.9. The Labute approximate surface area is 132 Å². The van der Waals surface area contributed by atoms with Crippen LogP contribution in [0.2, 0.25) is 0 Å². The van der Waals surface area contributed by atoms with Gasteiger partial charge in [0.2, 0.25) is 0 Å². The molecular weight excluding hydrogens is 280 g/mol. The number of nitrogens with zero attached hydrogens (tertiary/aromatic N) is 1. The minimum absolute atomic E-state index is 0.297. The predicted octanol–water partition coefficient (Wildman–Crippen LogP) is 1.50. The van der Waals surface area contributed by atoms with Crippen molar-refractivity contribution in [2.75, 3.05) is 13.2 Å². The van der Waals surface area contributed by atoms with E-state index < -0.39 is 23.2 Å². The fourth-order valence-corrected chi connectivity index (χ4v) is 2.81. The lowest BCUT2D eigenvalue weighted by Gasteiger charge is -2.34. The molecule has 0 aromatic heterocycles. The van der Waals surface area contributed by atoms with Crippen LogP contribution >= 0.6 is 0 Å². The molecule has 0 spiro atoms. The Balaban J connectivity index is 2.13. The number of rotatable bonds is 4. The summed E-state index contributed by atoms with van der Waals surface area (Å²) in [7, 11) is 0.